The number of allylic oxidation sites excluding steroid dienone is 1. The lowest BCUT2D eigenvalue weighted by Gasteiger charge is -2.45. The molecule has 1 saturated heterocycles. The van der Waals surface area contributed by atoms with Gasteiger partial charge in [0, 0.05) is 41.8 Å². The first kappa shape index (κ1) is 30.0. The summed E-state index contributed by atoms with van der Waals surface area (Å²) in [6, 6.07) is 0.256. The molecular formula is C25H41ClN2O6S. The second-order valence-corrected chi connectivity index (χ2v) is 11.9. The van der Waals surface area contributed by atoms with Crippen LogP contribution in [-0.2, 0) is 14.9 Å². The third kappa shape index (κ3) is 9.98. The fourth-order valence-electron chi connectivity index (χ4n) is 5.45. The van der Waals surface area contributed by atoms with E-state index < -0.39 is 22.0 Å². The van der Waals surface area contributed by atoms with E-state index in [1.807, 2.05) is 6.08 Å². The average molecular weight is 533 g/mol. The van der Waals surface area contributed by atoms with Gasteiger partial charge in [0.1, 0.15) is 0 Å². The van der Waals surface area contributed by atoms with Crippen molar-refractivity contribution >= 4 is 27.6 Å². The zero-order chi connectivity index (χ0) is 26.1. The van der Waals surface area contributed by atoms with E-state index in [0.29, 0.717) is 29.4 Å². The van der Waals surface area contributed by atoms with Crippen molar-refractivity contribution in [3.8, 4) is 0 Å². The molecule has 10 heteroatoms. The maximum Gasteiger partial charge on any atom is 0.266 e. The molecule has 1 spiro atoms. The van der Waals surface area contributed by atoms with E-state index in [0.717, 1.165) is 38.5 Å². The van der Waals surface area contributed by atoms with Crippen molar-refractivity contribution in [3.05, 3.63) is 34.9 Å². The number of amides is 1. The third-order valence-electron chi connectivity index (χ3n) is 7.18. The van der Waals surface area contributed by atoms with Crippen molar-refractivity contribution in [2.45, 2.75) is 82.9 Å². The molecule has 1 amide bonds. The molecule has 0 aromatic carbocycles. The van der Waals surface area contributed by atoms with E-state index in [9.17, 15) is 18.3 Å². The number of aliphatic hydroxyl groups excluding tert-OH is 2. The first-order chi connectivity index (χ1) is 16.5. The lowest BCUT2D eigenvalue weighted by atomic mass is 9.72. The van der Waals surface area contributed by atoms with E-state index >= 15 is 0 Å². The highest BCUT2D eigenvalue weighted by Crippen LogP contribution is 2.46. The van der Waals surface area contributed by atoms with Gasteiger partial charge in [0.15, 0.2) is 0 Å². The van der Waals surface area contributed by atoms with Crippen molar-refractivity contribution in [1.82, 2.24) is 10.6 Å². The zero-order valence-electron chi connectivity index (χ0n) is 20.7. The number of carbonyl (C=O) groups is 1. The van der Waals surface area contributed by atoms with E-state index in [4.69, 9.17) is 21.3 Å². The summed E-state index contributed by atoms with van der Waals surface area (Å²) in [5.74, 6) is -0.118. The Labute approximate surface area is 214 Å². The maximum absolute atomic E-state index is 12.2. The standard InChI is InChI=1S/C25H41ClN2O6S/c1-18(8-10-22(30)17-20(26)11-15-29)23-6-4-13-25(23)12-3-5-21(28-25)9-7-19(2)24(31)27-14-16-35(32,33)34/h7-8,10,17-18,21-23,28-30H,3-6,9,11-16H2,1-2H3,(H,27,31)(H,32,33,34)/b10-8+,19-7+,20-17-/t18-,21-,22?,23-,25-/m0/s1. The van der Waals surface area contributed by atoms with Gasteiger partial charge in [0.2, 0.25) is 5.91 Å². The molecule has 0 aromatic heterocycles. The molecule has 0 bridgehead atoms. The van der Waals surface area contributed by atoms with Crippen LogP contribution in [0.2, 0.25) is 0 Å². The number of hydrogen-bond acceptors (Lipinski definition) is 6. The fraction of sp³-hybridized carbons (Fsp3) is 0.720. The first-order valence-electron chi connectivity index (χ1n) is 12.5. The van der Waals surface area contributed by atoms with Gasteiger partial charge in [0.25, 0.3) is 10.1 Å². The predicted molar refractivity (Wildman–Crippen MR) is 139 cm³/mol. The highest BCUT2D eigenvalue weighted by Gasteiger charge is 2.46. The molecule has 0 aromatic rings. The van der Waals surface area contributed by atoms with Gasteiger partial charge < -0.3 is 20.8 Å². The van der Waals surface area contributed by atoms with Crippen LogP contribution in [0, 0.1) is 11.8 Å². The molecule has 200 valence electrons. The second kappa shape index (κ2) is 13.9. The van der Waals surface area contributed by atoms with Crippen LogP contribution in [0.25, 0.3) is 0 Å². The van der Waals surface area contributed by atoms with Crippen LogP contribution in [0.5, 0.6) is 0 Å². The van der Waals surface area contributed by atoms with E-state index in [1.165, 1.54) is 0 Å². The van der Waals surface area contributed by atoms with Crippen LogP contribution < -0.4 is 10.6 Å². The van der Waals surface area contributed by atoms with Crippen molar-refractivity contribution in [3.63, 3.8) is 0 Å². The Bertz CT molecular complexity index is 904. The minimum atomic E-state index is -4.10. The van der Waals surface area contributed by atoms with E-state index in [2.05, 4.69) is 23.6 Å². The summed E-state index contributed by atoms with van der Waals surface area (Å²) in [6.45, 7) is 3.72. The number of aliphatic hydroxyl groups is 2. The molecule has 5 N–H and O–H groups in total. The number of carbonyl (C=O) groups excluding carboxylic acids is 1. The number of nitrogens with one attached hydrogen (secondary N) is 2. The molecule has 5 atom stereocenters. The van der Waals surface area contributed by atoms with Gasteiger partial charge in [-0.2, -0.15) is 8.42 Å². The molecule has 8 nitrogen and oxygen atoms in total. The molecule has 2 aliphatic rings. The first-order valence-corrected chi connectivity index (χ1v) is 14.5. The van der Waals surface area contributed by atoms with Crippen LogP contribution in [0.15, 0.2) is 34.9 Å². The molecule has 1 heterocycles. The number of hydrogen-bond donors (Lipinski definition) is 5. The maximum atomic E-state index is 12.2. The van der Waals surface area contributed by atoms with Crippen LogP contribution >= 0.6 is 11.6 Å². The summed E-state index contributed by atoms with van der Waals surface area (Å²) in [5.41, 5.74) is 0.574. The molecule has 1 aliphatic carbocycles. The number of rotatable bonds is 12. The molecule has 2 rings (SSSR count). The van der Waals surface area contributed by atoms with Crippen LogP contribution in [-0.4, -0.2) is 65.7 Å². The highest BCUT2D eigenvalue weighted by atomic mass is 35.5. The van der Waals surface area contributed by atoms with Crippen LogP contribution in [0.1, 0.15) is 65.2 Å². The van der Waals surface area contributed by atoms with E-state index in [-0.39, 0.29) is 36.6 Å². The van der Waals surface area contributed by atoms with Crippen molar-refractivity contribution in [1.29, 1.82) is 0 Å². The summed E-state index contributed by atoms with van der Waals surface area (Å²) in [5, 5.41) is 26.0. The number of piperidine rings is 1. The lowest BCUT2D eigenvalue weighted by molar-refractivity contribution is -0.117. The quantitative estimate of drug-likeness (QED) is 0.148. The predicted octanol–water partition coefficient (Wildman–Crippen LogP) is 3.07. The van der Waals surface area contributed by atoms with Crippen LogP contribution in [0.3, 0.4) is 0 Å². The monoisotopic (exact) mass is 532 g/mol. The Morgan fingerprint density at radius 1 is 1.26 bits per heavy atom. The van der Waals surface area contributed by atoms with E-state index in [1.54, 1.807) is 19.1 Å². The minimum Gasteiger partial charge on any atom is -0.396 e. The molecule has 1 unspecified atom stereocenters. The van der Waals surface area contributed by atoms with Gasteiger partial charge >= 0.3 is 0 Å². The average Bonchev–Trinajstić information content (AvgIpc) is 3.17. The second-order valence-electron chi connectivity index (χ2n) is 9.87. The minimum absolute atomic E-state index is 0.0431. The van der Waals surface area contributed by atoms with Crippen LogP contribution in [0.4, 0.5) is 0 Å². The Morgan fingerprint density at radius 3 is 2.60 bits per heavy atom. The van der Waals surface area contributed by atoms with Gasteiger partial charge in [0.05, 0.1) is 11.9 Å². The molecule has 35 heavy (non-hydrogen) atoms. The Hall–Kier alpha value is -1.23. The topological polar surface area (TPSA) is 136 Å². The summed E-state index contributed by atoms with van der Waals surface area (Å²) in [7, 11) is -4.10. The van der Waals surface area contributed by atoms with Gasteiger partial charge in [-0.25, -0.2) is 0 Å². The summed E-state index contributed by atoms with van der Waals surface area (Å²) >= 11 is 6.00. The third-order valence-corrected chi connectivity index (χ3v) is 8.21. The Morgan fingerprint density at radius 2 is 1.94 bits per heavy atom. The fourth-order valence-corrected chi connectivity index (χ4v) is 6.02. The van der Waals surface area contributed by atoms with Gasteiger partial charge in [-0.15, -0.1) is 0 Å². The molecular weight excluding hydrogens is 492 g/mol. The molecule has 2 fully saturated rings. The molecule has 1 saturated carbocycles. The molecule has 0 radical (unpaired) electrons. The van der Waals surface area contributed by atoms with Crippen molar-refractivity contribution < 1.29 is 28.0 Å². The summed E-state index contributed by atoms with van der Waals surface area (Å²) in [6.07, 6.45) is 14.2. The van der Waals surface area contributed by atoms with Gasteiger partial charge in [-0.05, 0) is 56.9 Å². The summed E-state index contributed by atoms with van der Waals surface area (Å²) in [4.78, 5) is 12.2. The Kier molecular flexibility index (Phi) is 11.9. The SMILES string of the molecule is C/C(=C\C[C@@H]1CCC[C@@]2(CCC[C@H]2[C@@H](C)/C=C/C(O)/C=C(\Cl)CCO)N1)C(=O)NCCS(=O)(=O)O. The Balaban J connectivity index is 1.95. The van der Waals surface area contributed by atoms with Gasteiger partial charge in [-0.1, -0.05) is 49.6 Å². The zero-order valence-corrected chi connectivity index (χ0v) is 22.3. The normalized spacial score (nSPS) is 27.9. The molecule has 1 aliphatic heterocycles. The van der Waals surface area contributed by atoms with Crippen molar-refractivity contribution in [2.24, 2.45) is 11.8 Å². The van der Waals surface area contributed by atoms with Gasteiger partial charge in [-0.3, -0.25) is 9.35 Å². The highest BCUT2D eigenvalue weighted by molar-refractivity contribution is 7.85. The number of halogens is 1. The summed E-state index contributed by atoms with van der Waals surface area (Å²) < 4.78 is 30.4. The smallest absolute Gasteiger partial charge is 0.266 e. The lowest BCUT2D eigenvalue weighted by Crippen LogP contribution is -2.56. The largest absolute Gasteiger partial charge is 0.396 e. The van der Waals surface area contributed by atoms with Crippen molar-refractivity contribution in [2.75, 3.05) is 18.9 Å².